The number of ketones is 1. The minimum absolute atomic E-state index is 0.249. The Kier molecular flexibility index (Phi) is 2.69. The van der Waals surface area contributed by atoms with E-state index in [1.807, 2.05) is 14.0 Å². The lowest BCUT2D eigenvalue weighted by atomic mass is 10.3. The minimum atomic E-state index is 0.249. The molecule has 0 heterocycles. The van der Waals surface area contributed by atoms with Gasteiger partial charge in [-0.25, -0.2) is 0 Å². The SMILES string of the molecule is C=C(C)CN(C)C1=CC(=O)CC1. The van der Waals surface area contributed by atoms with Gasteiger partial charge in [0.05, 0.1) is 0 Å². The highest BCUT2D eigenvalue weighted by atomic mass is 16.1. The van der Waals surface area contributed by atoms with Crippen molar-refractivity contribution < 1.29 is 4.79 Å². The first kappa shape index (κ1) is 9.04. The molecule has 2 heteroatoms. The third-order valence-corrected chi connectivity index (χ3v) is 1.95. The molecule has 0 atom stereocenters. The van der Waals surface area contributed by atoms with Gasteiger partial charge in [-0.15, -0.1) is 0 Å². The van der Waals surface area contributed by atoms with Crippen LogP contribution in [0.15, 0.2) is 23.9 Å². The van der Waals surface area contributed by atoms with E-state index in [9.17, 15) is 4.79 Å². The number of allylic oxidation sites excluding steroid dienone is 2. The van der Waals surface area contributed by atoms with Crippen LogP contribution < -0.4 is 0 Å². The van der Waals surface area contributed by atoms with Gasteiger partial charge < -0.3 is 4.90 Å². The molecule has 0 aromatic heterocycles. The number of nitrogens with zero attached hydrogens (tertiary/aromatic N) is 1. The fourth-order valence-corrected chi connectivity index (χ4v) is 1.39. The highest BCUT2D eigenvalue weighted by Crippen LogP contribution is 2.18. The first-order valence-corrected chi connectivity index (χ1v) is 4.18. The molecule has 0 amide bonds. The van der Waals surface area contributed by atoms with Crippen molar-refractivity contribution in [3.8, 4) is 0 Å². The number of likely N-dealkylation sites (N-methyl/N-ethyl adjacent to an activating group) is 1. The van der Waals surface area contributed by atoms with Gasteiger partial charge in [-0.05, 0) is 13.3 Å². The summed E-state index contributed by atoms with van der Waals surface area (Å²) in [5, 5.41) is 0. The maximum atomic E-state index is 10.9. The first-order chi connectivity index (χ1) is 5.59. The molecule has 0 saturated carbocycles. The zero-order chi connectivity index (χ0) is 9.14. The van der Waals surface area contributed by atoms with Crippen molar-refractivity contribution in [3.05, 3.63) is 23.9 Å². The van der Waals surface area contributed by atoms with Crippen molar-refractivity contribution in [3.63, 3.8) is 0 Å². The number of carbonyl (C=O) groups is 1. The van der Waals surface area contributed by atoms with Crippen LogP contribution in [-0.4, -0.2) is 24.3 Å². The first-order valence-electron chi connectivity index (χ1n) is 4.18. The molecule has 0 radical (unpaired) electrons. The minimum Gasteiger partial charge on any atom is -0.374 e. The standard InChI is InChI=1S/C10H15NO/c1-8(2)7-11(3)9-4-5-10(12)6-9/h6H,1,4-5,7H2,2-3H3. The number of hydrogen-bond donors (Lipinski definition) is 0. The Bertz CT molecular complexity index is 240. The van der Waals surface area contributed by atoms with Crippen LogP contribution in [0.3, 0.4) is 0 Å². The van der Waals surface area contributed by atoms with Crippen LogP contribution in [0.5, 0.6) is 0 Å². The molecule has 0 spiro atoms. The molecule has 0 aromatic rings. The summed E-state index contributed by atoms with van der Waals surface area (Å²) in [7, 11) is 2.00. The molecule has 0 aromatic carbocycles. The topological polar surface area (TPSA) is 20.3 Å². The zero-order valence-corrected chi connectivity index (χ0v) is 7.76. The fraction of sp³-hybridized carbons (Fsp3) is 0.500. The molecule has 0 aliphatic heterocycles. The van der Waals surface area contributed by atoms with Crippen molar-refractivity contribution >= 4 is 5.78 Å². The van der Waals surface area contributed by atoms with Crippen LogP contribution in [0, 0.1) is 0 Å². The van der Waals surface area contributed by atoms with Crippen LogP contribution >= 0.6 is 0 Å². The largest absolute Gasteiger partial charge is 0.374 e. The summed E-state index contributed by atoms with van der Waals surface area (Å²) in [6, 6.07) is 0. The van der Waals surface area contributed by atoms with Gasteiger partial charge in [0.25, 0.3) is 0 Å². The molecule has 1 aliphatic rings. The van der Waals surface area contributed by atoms with Crippen molar-refractivity contribution in [1.82, 2.24) is 4.90 Å². The van der Waals surface area contributed by atoms with Gasteiger partial charge in [0.2, 0.25) is 0 Å². The smallest absolute Gasteiger partial charge is 0.157 e. The summed E-state index contributed by atoms with van der Waals surface area (Å²) in [4.78, 5) is 13.0. The second kappa shape index (κ2) is 3.57. The van der Waals surface area contributed by atoms with E-state index in [4.69, 9.17) is 0 Å². The quantitative estimate of drug-likeness (QED) is 0.594. The second-order valence-electron chi connectivity index (χ2n) is 3.42. The Morgan fingerprint density at radius 3 is 2.75 bits per heavy atom. The normalized spacial score (nSPS) is 16.2. The molecule has 0 fully saturated rings. The van der Waals surface area contributed by atoms with Crippen LogP contribution in [0.2, 0.25) is 0 Å². The van der Waals surface area contributed by atoms with Crippen molar-refractivity contribution in [2.24, 2.45) is 0 Å². The molecular formula is C10H15NO. The van der Waals surface area contributed by atoms with Gasteiger partial charge in [-0.3, -0.25) is 4.79 Å². The zero-order valence-electron chi connectivity index (χ0n) is 7.76. The average molecular weight is 165 g/mol. The number of hydrogen-bond acceptors (Lipinski definition) is 2. The molecule has 0 N–H and O–H groups in total. The Labute approximate surface area is 73.6 Å². The average Bonchev–Trinajstić information content (AvgIpc) is 2.34. The lowest BCUT2D eigenvalue weighted by molar-refractivity contribution is -0.114. The van der Waals surface area contributed by atoms with E-state index in [1.54, 1.807) is 6.08 Å². The van der Waals surface area contributed by atoms with Crippen LogP contribution in [0.25, 0.3) is 0 Å². The van der Waals surface area contributed by atoms with Crippen molar-refractivity contribution in [1.29, 1.82) is 0 Å². The maximum absolute atomic E-state index is 10.9. The van der Waals surface area contributed by atoms with E-state index < -0.39 is 0 Å². The number of rotatable bonds is 3. The second-order valence-corrected chi connectivity index (χ2v) is 3.42. The molecule has 0 saturated heterocycles. The van der Waals surface area contributed by atoms with Crippen molar-refractivity contribution in [2.45, 2.75) is 19.8 Å². The third kappa shape index (κ3) is 2.22. The lowest BCUT2D eigenvalue weighted by Crippen LogP contribution is -2.18. The van der Waals surface area contributed by atoms with Gasteiger partial charge >= 0.3 is 0 Å². The van der Waals surface area contributed by atoms with Gasteiger partial charge in [0.1, 0.15) is 0 Å². The highest BCUT2D eigenvalue weighted by molar-refractivity contribution is 5.92. The molecular weight excluding hydrogens is 150 g/mol. The van der Waals surface area contributed by atoms with E-state index in [2.05, 4.69) is 11.5 Å². The monoisotopic (exact) mass is 165 g/mol. The van der Waals surface area contributed by atoms with Gasteiger partial charge in [0.15, 0.2) is 5.78 Å². The van der Waals surface area contributed by atoms with Crippen LogP contribution in [0.4, 0.5) is 0 Å². The fourth-order valence-electron chi connectivity index (χ4n) is 1.39. The summed E-state index contributed by atoms with van der Waals surface area (Å²) in [6.45, 7) is 6.67. The van der Waals surface area contributed by atoms with Gasteiger partial charge in [-0.1, -0.05) is 12.2 Å². The van der Waals surface area contributed by atoms with Crippen LogP contribution in [0.1, 0.15) is 19.8 Å². The molecule has 66 valence electrons. The molecule has 12 heavy (non-hydrogen) atoms. The molecule has 2 nitrogen and oxygen atoms in total. The number of carbonyl (C=O) groups excluding carboxylic acids is 1. The highest BCUT2D eigenvalue weighted by Gasteiger charge is 2.14. The van der Waals surface area contributed by atoms with E-state index >= 15 is 0 Å². The Hall–Kier alpha value is -1.05. The summed E-state index contributed by atoms with van der Waals surface area (Å²) < 4.78 is 0. The maximum Gasteiger partial charge on any atom is 0.157 e. The molecule has 1 rings (SSSR count). The summed E-state index contributed by atoms with van der Waals surface area (Å²) in [5.74, 6) is 0.249. The predicted molar refractivity (Wildman–Crippen MR) is 49.8 cm³/mol. The van der Waals surface area contributed by atoms with E-state index in [1.165, 1.54) is 0 Å². The van der Waals surface area contributed by atoms with Crippen LogP contribution in [-0.2, 0) is 4.79 Å². The van der Waals surface area contributed by atoms with E-state index in [-0.39, 0.29) is 5.78 Å². The summed E-state index contributed by atoms with van der Waals surface area (Å²) >= 11 is 0. The molecule has 0 bridgehead atoms. The van der Waals surface area contributed by atoms with Crippen molar-refractivity contribution in [2.75, 3.05) is 13.6 Å². The predicted octanol–water partition coefficient (Wildman–Crippen LogP) is 1.74. The van der Waals surface area contributed by atoms with E-state index in [0.717, 1.165) is 24.2 Å². The Morgan fingerprint density at radius 1 is 1.67 bits per heavy atom. The van der Waals surface area contributed by atoms with Gasteiger partial charge in [0, 0.05) is 31.8 Å². The van der Waals surface area contributed by atoms with Gasteiger partial charge in [-0.2, -0.15) is 0 Å². The Morgan fingerprint density at radius 2 is 2.33 bits per heavy atom. The lowest BCUT2D eigenvalue weighted by Gasteiger charge is -2.19. The summed E-state index contributed by atoms with van der Waals surface area (Å²) in [6.07, 6.45) is 3.31. The molecule has 1 aliphatic carbocycles. The Balaban J connectivity index is 2.53. The van der Waals surface area contributed by atoms with E-state index in [0.29, 0.717) is 6.42 Å². The third-order valence-electron chi connectivity index (χ3n) is 1.95. The molecule has 0 unspecified atom stereocenters. The summed E-state index contributed by atoms with van der Waals surface area (Å²) in [5.41, 5.74) is 2.26.